The second-order valence-corrected chi connectivity index (χ2v) is 7.43. The molecule has 0 aliphatic rings. The highest BCUT2D eigenvalue weighted by Crippen LogP contribution is 2.13. The first-order chi connectivity index (χ1) is 9.26. The molecule has 0 aromatic heterocycles. The molecule has 0 saturated heterocycles. The Morgan fingerprint density at radius 3 is 2.37 bits per heavy atom. The molecule has 0 aliphatic carbocycles. The van der Waals surface area contributed by atoms with Gasteiger partial charge in [-0.2, -0.15) is 0 Å². The zero-order valence-electron chi connectivity index (χ0n) is 12.1. The highest BCUT2D eigenvalue weighted by molar-refractivity contribution is 6.60. The van der Waals surface area contributed by atoms with Gasteiger partial charge in [0, 0.05) is 26.9 Å². The molecule has 0 unspecified atom stereocenters. The van der Waals surface area contributed by atoms with Gasteiger partial charge in [-0.05, 0) is 18.4 Å². The summed E-state index contributed by atoms with van der Waals surface area (Å²) in [6.45, 7) is 2.72. The van der Waals surface area contributed by atoms with E-state index in [1.807, 2.05) is 25.1 Å². The van der Waals surface area contributed by atoms with Crippen molar-refractivity contribution in [2.45, 2.75) is 25.8 Å². The Balaban J connectivity index is 2.22. The van der Waals surface area contributed by atoms with Crippen molar-refractivity contribution in [3.8, 4) is 0 Å². The second kappa shape index (κ2) is 9.04. The molecule has 0 atom stereocenters. The maximum Gasteiger partial charge on any atom is 0.500 e. The summed E-state index contributed by atoms with van der Waals surface area (Å²) in [6, 6.07) is 11.1. The zero-order valence-corrected chi connectivity index (χ0v) is 13.1. The molecule has 0 spiro atoms. The van der Waals surface area contributed by atoms with Crippen LogP contribution in [0.3, 0.4) is 0 Å². The standard InChI is InChI=1S/C15H24O3Si/c1-4-19(16-2,17-3)18-14-10-6-9-13-15-11-7-5-8-12-15/h5,7-9,11-13H,4,6,10,14H2,1-3H3. The maximum atomic E-state index is 5.79. The van der Waals surface area contributed by atoms with Gasteiger partial charge in [-0.15, -0.1) is 0 Å². The van der Waals surface area contributed by atoms with Crippen molar-refractivity contribution in [1.82, 2.24) is 0 Å². The van der Waals surface area contributed by atoms with E-state index in [9.17, 15) is 0 Å². The monoisotopic (exact) mass is 280 g/mol. The number of unbranched alkanes of at least 4 members (excludes halogenated alkanes) is 1. The Morgan fingerprint density at radius 1 is 1.11 bits per heavy atom. The van der Waals surface area contributed by atoms with Gasteiger partial charge in [-0.25, -0.2) is 0 Å². The fourth-order valence-corrected chi connectivity index (χ4v) is 3.44. The van der Waals surface area contributed by atoms with Crippen molar-refractivity contribution in [3.63, 3.8) is 0 Å². The van der Waals surface area contributed by atoms with Crippen molar-refractivity contribution >= 4 is 14.9 Å². The van der Waals surface area contributed by atoms with E-state index >= 15 is 0 Å². The van der Waals surface area contributed by atoms with E-state index < -0.39 is 8.80 Å². The summed E-state index contributed by atoms with van der Waals surface area (Å²) in [7, 11) is 0.957. The Morgan fingerprint density at radius 2 is 1.79 bits per heavy atom. The van der Waals surface area contributed by atoms with Crippen molar-refractivity contribution < 1.29 is 13.3 Å². The summed E-state index contributed by atoms with van der Waals surface area (Å²) in [6.07, 6.45) is 6.28. The van der Waals surface area contributed by atoms with Crippen LogP contribution in [0.25, 0.3) is 6.08 Å². The molecule has 0 saturated carbocycles. The average Bonchev–Trinajstić information content (AvgIpc) is 2.48. The first-order valence-electron chi connectivity index (χ1n) is 6.72. The third-order valence-corrected chi connectivity index (χ3v) is 5.76. The van der Waals surface area contributed by atoms with E-state index in [-0.39, 0.29) is 0 Å². The lowest BCUT2D eigenvalue weighted by atomic mass is 10.2. The van der Waals surface area contributed by atoms with Gasteiger partial charge < -0.3 is 13.3 Å². The van der Waals surface area contributed by atoms with Gasteiger partial charge in [0.1, 0.15) is 0 Å². The molecule has 1 rings (SSSR count). The lowest BCUT2D eigenvalue weighted by Gasteiger charge is -2.24. The molecule has 0 bridgehead atoms. The van der Waals surface area contributed by atoms with E-state index in [4.69, 9.17) is 13.3 Å². The number of hydrogen-bond acceptors (Lipinski definition) is 3. The molecule has 106 valence electrons. The third-order valence-electron chi connectivity index (χ3n) is 3.00. The van der Waals surface area contributed by atoms with Gasteiger partial charge >= 0.3 is 8.80 Å². The fraction of sp³-hybridized carbons (Fsp3) is 0.467. The number of rotatable bonds is 9. The molecule has 4 heteroatoms. The van der Waals surface area contributed by atoms with Crippen LogP contribution in [0.4, 0.5) is 0 Å². The average molecular weight is 280 g/mol. The van der Waals surface area contributed by atoms with Crippen molar-refractivity contribution in [2.75, 3.05) is 20.8 Å². The van der Waals surface area contributed by atoms with E-state index in [0.29, 0.717) is 6.61 Å². The van der Waals surface area contributed by atoms with E-state index in [1.54, 1.807) is 14.2 Å². The van der Waals surface area contributed by atoms with Crippen LogP contribution in [0.1, 0.15) is 25.3 Å². The van der Waals surface area contributed by atoms with Gasteiger partial charge in [-0.1, -0.05) is 49.4 Å². The summed E-state index contributed by atoms with van der Waals surface area (Å²) in [4.78, 5) is 0. The predicted octanol–water partition coefficient (Wildman–Crippen LogP) is 3.75. The predicted molar refractivity (Wildman–Crippen MR) is 80.9 cm³/mol. The molecule has 1 aromatic rings. The summed E-state index contributed by atoms with van der Waals surface area (Å²) >= 11 is 0. The summed E-state index contributed by atoms with van der Waals surface area (Å²) in [5.74, 6) is 0. The smallest absolute Gasteiger partial charge is 0.377 e. The van der Waals surface area contributed by atoms with Crippen LogP contribution in [0.2, 0.25) is 6.04 Å². The van der Waals surface area contributed by atoms with Gasteiger partial charge in [0.15, 0.2) is 0 Å². The fourth-order valence-electron chi connectivity index (χ4n) is 1.80. The van der Waals surface area contributed by atoms with Gasteiger partial charge in [-0.3, -0.25) is 0 Å². The van der Waals surface area contributed by atoms with Crippen molar-refractivity contribution in [2.24, 2.45) is 0 Å². The molecular weight excluding hydrogens is 256 g/mol. The summed E-state index contributed by atoms with van der Waals surface area (Å²) in [5, 5.41) is 0. The maximum absolute atomic E-state index is 5.79. The molecule has 0 radical (unpaired) electrons. The van der Waals surface area contributed by atoms with Crippen LogP contribution in [0.15, 0.2) is 36.4 Å². The highest BCUT2D eigenvalue weighted by atomic mass is 28.4. The Kier molecular flexibility index (Phi) is 7.67. The molecule has 0 aliphatic heterocycles. The van der Waals surface area contributed by atoms with E-state index in [0.717, 1.165) is 18.9 Å². The molecule has 0 amide bonds. The first-order valence-corrected chi connectivity index (χ1v) is 8.65. The molecular formula is C15H24O3Si. The third kappa shape index (κ3) is 5.70. The van der Waals surface area contributed by atoms with Crippen LogP contribution in [0.5, 0.6) is 0 Å². The normalized spacial score (nSPS) is 12.2. The quantitative estimate of drug-likeness (QED) is 0.509. The van der Waals surface area contributed by atoms with Gasteiger partial charge in [0.25, 0.3) is 0 Å². The largest absolute Gasteiger partial charge is 0.500 e. The topological polar surface area (TPSA) is 27.7 Å². The van der Waals surface area contributed by atoms with Gasteiger partial charge in [0.2, 0.25) is 0 Å². The summed E-state index contributed by atoms with van der Waals surface area (Å²) < 4.78 is 16.6. The molecule has 1 aromatic carbocycles. The minimum Gasteiger partial charge on any atom is -0.377 e. The van der Waals surface area contributed by atoms with Crippen LogP contribution in [0, 0.1) is 0 Å². The Bertz CT molecular complexity index is 353. The van der Waals surface area contributed by atoms with Crippen molar-refractivity contribution in [1.29, 1.82) is 0 Å². The van der Waals surface area contributed by atoms with Crippen LogP contribution >= 0.6 is 0 Å². The molecule has 0 N–H and O–H groups in total. The van der Waals surface area contributed by atoms with Gasteiger partial charge in [0.05, 0.1) is 0 Å². The zero-order chi connectivity index (χ0) is 14.0. The second-order valence-electron chi connectivity index (χ2n) is 4.25. The SMILES string of the molecule is CC[Si](OC)(OC)OCCCC=Cc1ccccc1. The molecule has 3 nitrogen and oxygen atoms in total. The molecule has 0 heterocycles. The Hall–Kier alpha value is -0.943. The minimum atomic E-state index is -2.37. The molecule has 19 heavy (non-hydrogen) atoms. The van der Waals surface area contributed by atoms with Crippen LogP contribution in [-0.2, 0) is 13.3 Å². The number of benzene rings is 1. The number of allylic oxidation sites excluding steroid dienone is 1. The highest BCUT2D eigenvalue weighted by Gasteiger charge is 2.36. The molecule has 0 fully saturated rings. The van der Waals surface area contributed by atoms with Crippen LogP contribution in [-0.4, -0.2) is 29.6 Å². The summed E-state index contributed by atoms with van der Waals surface area (Å²) in [5.41, 5.74) is 1.23. The lowest BCUT2D eigenvalue weighted by molar-refractivity contribution is 0.0987. The number of hydrogen-bond donors (Lipinski definition) is 0. The van der Waals surface area contributed by atoms with E-state index in [1.165, 1.54) is 5.56 Å². The van der Waals surface area contributed by atoms with Crippen LogP contribution < -0.4 is 0 Å². The minimum absolute atomic E-state index is 0.681. The lowest BCUT2D eigenvalue weighted by Crippen LogP contribution is -2.43. The first kappa shape index (κ1) is 16.1. The van der Waals surface area contributed by atoms with Crippen molar-refractivity contribution in [3.05, 3.63) is 42.0 Å². The van der Waals surface area contributed by atoms with E-state index in [2.05, 4.69) is 24.3 Å². The Labute approximate surface area is 117 Å².